The maximum Gasteiger partial charge on any atom is 0.338 e. The highest BCUT2D eigenvalue weighted by Crippen LogP contribution is 2.28. The topological polar surface area (TPSA) is 99.5 Å². The van der Waals surface area contributed by atoms with E-state index in [1.165, 1.54) is 0 Å². The van der Waals surface area contributed by atoms with Gasteiger partial charge in [0.15, 0.2) is 6.61 Å². The zero-order chi connectivity index (χ0) is 19.3. The van der Waals surface area contributed by atoms with Crippen molar-refractivity contribution < 1.29 is 19.1 Å². The summed E-state index contributed by atoms with van der Waals surface area (Å²) in [5.74, 6) is -0.944. The second-order valence-electron chi connectivity index (χ2n) is 7.14. The minimum Gasteiger partial charge on any atom is -0.452 e. The Labute approximate surface area is 158 Å². The molecule has 2 amide bonds. The Bertz CT molecular complexity index is 778. The van der Waals surface area contributed by atoms with Crippen LogP contribution < -0.4 is 5.32 Å². The molecular weight excluding hydrogens is 346 g/mol. The lowest BCUT2D eigenvalue weighted by Crippen LogP contribution is -2.46. The zero-order valence-corrected chi connectivity index (χ0v) is 15.2. The van der Waals surface area contributed by atoms with Crippen LogP contribution in [0.15, 0.2) is 24.3 Å². The quantitative estimate of drug-likeness (QED) is 0.772. The van der Waals surface area contributed by atoms with Crippen molar-refractivity contribution in [2.24, 2.45) is 0 Å². The van der Waals surface area contributed by atoms with Gasteiger partial charge in [-0.25, -0.2) is 4.79 Å². The van der Waals surface area contributed by atoms with Crippen molar-refractivity contribution in [3.8, 4) is 6.07 Å². The standard InChI is InChI=1S/C20H23N3O4/c21-14-20(8-1-2-9-20)22-17(24)13-27-19(26)16-6-3-5-15(11-16)12-23-10-4-7-18(23)25/h3,5-6,11H,1-2,4,7-10,12-13H2,(H,22,24). The first kappa shape index (κ1) is 18.9. The number of nitrogens with one attached hydrogen (secondary N) is 1. The Morgan fingerprint density at radius 2 is 2.04 bits per heavy atom. The van der Waals surface area contributed by atoms with Crippen LogP contribution in [-0.2, 0) is 20.9 Å². The van der Waals surface area contributed by atoms with Gasteiger partial charge >= 0.3 is 5.97 Å². The summed E-state index contributed by atoms with van der Waals surface area (Å²) in [6, 6.07) is 9.05. The number of hydrogen-bond acceptors (Lipinski definition) is 5. The number of rotatable bonds is 6. The largest absolute Gasteiger partial charge is 0.452 e. The van der Waals surface area contributed by atoms with Crippen LogP contribution >= 0.6 is 0 Å². The summed E-state index contributed by atoms with van der Waals surface area (Å²) in [4.78, 5) is 37.8. The van der Waals surface area contributed by atoms with Gasteiger partial charge in [-0.05, 0) is 49.8 Å². The number of nitriles is 1. The molecule has 1 saturated heterocycles. The van der Waals surface area contributed by atoms with Crippen molar-refractivity contribution in [1.82, 2.24) is 10.2 Å². The highest BCUT2D eigenvalue weighted by Gasteiger charge is 2.35. The first-order chi connectivity index (χ1) is 13.0. The Hall–Kier alpha value is -2.88. The van der Waals surface area contributed by atoms with E-state index in [-0.39, 0.29) is 5.91 Å². The van der Waals surface area contributed by atoms with Crippen molar-refractivity contribution in [2.45, 2.75) is 50.6 Å². The minimum absolute atomic E-state index is 0.123. The fraction of sp³-hybridized carbons (Fsp3) is 0.500. The summed E-state index contributed by atoms with van der Waals surface area (Å²) in [7, 11) is 0. The van der Waals surface area contributed by atoms with Crippen LogP contribution in [-0.4, -0.2) is 41.4 Å². The minimum atomic E-state index is -0.828. The van der Waals surface area contributed by atoms with Gasteiger partial charge in [-0.15, -0.1) is 0 Å². The Morgan fingerprint density at radius 3 is 2.70 bits per heavy atom. The maximum atomic E-state index is 12.2. The highest BCUT2D eigenvalue weighted by molar-refractivity contribution is 5.91. The number of carbonyl (C=O) groups is 3. The number of esters is 1. The summed E-state index contributed by atoms with van der Waals surface area (Å²) >= 11 is 0. The smallest absolute Gasteiger partial charge is 0.338 e. The van der Waals surface area contributed by atoms with Crippen molar-refractivity contribution in [1.29, 1.82) is 5.26 Å². The normalized spacial score (nSPS) is 18.2. The molecule has 0 bridgehead atoms. The van der Waals surface area contributed by atoms with Gasteiger partial charge in [-0.2, -0.15) is 5.26 Å². The second kappa shape index (κ2) is 8.21. The molecule has 1 heterocycles. The third-order valence-electron chi connectivity index (χ3n) is 5.09. The number of ether oxygens (including phenoxy) is 1. The molecule has 2 aliphatic rings. The van der Waals surface area contributed by atoms with Crippen LogP contribution in [0.3, 0.4) is 0 Å². The molecule has 0 atom stereocenters. The molecule has 7 heteroatoms. The molecule has 27 heavy (non-hydrogen) atoms. The zero-order valence-electron chi connectivity index (χ0n) is 15.2. The summed E-state index contributed by atoms with van der Waals surface area (Å²) < 4.78 is 5.09. The molecule has 1 N–H and O–H groups in total. The second-order valence-corrected chi connectivity index (χ2v) is 7.14. The van der Waals surface area contributed by atoms with Crippen LogP contribution in [0.4, 0.5) is 0 Å². The number of hydrogen-bond donors (Lipinski definition) is 1. The van der Waals surface area contributed by atoms with E-state index in [0.717, 1.165) is 31.4 Å². The molecule has 0 radical (unpaired) electrons. The molecule has 1 aromatic carbocycles. The van der Waals surface area contributed by atoms with Crippen LogP contribution in [0, 0.1) is 11.3 Å². The molecular formula is C20H23N3O4. The van der Waals surface area contributed by atoms with Gasteiger partial charge in [0.2, 0.25) is 5.91 Å². The monoisotopic (exact) mass is 369 g/mol. The van der Waals surface area contributed by atoms with E-state index in [1.54, 1.807) is 23.1 Å². The molecule has 3 rings (SSSR count). The summed E-state index contributed by atoms with van der Waals surface area (Å²) in [6.45, 7) is 0.774. The van der Waals surface area contributed by atoms with E-state index in [2.05, 4.69) is 11.4 Å². The summed E-state index contributed by atoms with van der Waals surface area (Å²) in [5, 5.41) is 12.0. The lowest BCUT2D eigenvalue weighted by molar-refractivity contribution is -0.128. The number of nitrogens with zero attached hydrogens (tertiary/aromatic N) is 2. The van der Waals surface area contributed by atoms with Crippen molar-refractivity contribution >= 4 is 17.8 Å². The lowest BCUT2D eigenvalue weighted by atomic mass is 10.00. The van der Waals surface area contributed by atoms with Gasteiger partial charge in [-0.3, -0.25) is 9.59 Å². The molecule has 0 aromatic heterocycles. The van der Waals surface area contributed by atoms with Crippen LogP contribution in [0.25, 0.3) is 0 Å². The first-order valence-corrected chi connectivity index (χ1v) is 9.27. The average molecular weight is 369 g/mol. The molecule has 1 aliphatic heterocycles. The third kappa shape index (κ3) is 4.64. The molecule has 7 nitrogen and oxygen atoms in total. The predicted molar refractivity (Wildman–Crippen MR) is 96.3 cm³/mol. The van der Waals surface area contributed by atoms with E-state index in [0.29, 0.717) is 31.4 Å². The van der Waals surface area contributed by atoms with Crippen molar-refractivity contribution in [2.75, 3.05) is 13.2 Å². The fourth-order valence-electron chi connectivity index (χ4n) is 3.65. The fourth-order valence-corrected chi connectivity index (χ4v) is 3.65. The molecule has 0 spiro atoms. The summed E-state index contributed by atoms with van der Waals surface area (Å²) in [6.07, 6.45) is 4.49. The third-order valence-corrected chi connectivity index (χ3v) is 5.09. The lowest BCUT2D eigenvalue weighted by Gasteiger charge is -2.21. The van der Waals surface area contributed by atoms with E-state index in [9.17, 15) is 19.6 Å². The van der Waals surface area contributed by atoms with Crippen molar-refractivity contribution in [3.05, 3.63) is 35.4 Å². The SMILES string of the molecule is N#CC1(NC(=O)COC(=O)c2cccc(CN3CCCC3=O)c2)CCCC1. The van der Waals surface area contributed by atoms with Crippen LogP contribution in [0.5, 0.6) is 0 Å². The molecule has 1 saturated carbocycles. The highest BCUT2D eigenvalue weighted by atomic mass is 16.5. The molecule has 1 aliphatic carbocycles. The number of amides is 2. The molecule has 142 valence electrons. The van der Waals surface area contributed by atoms with Gasteiger partial charge in [0.25, 0.3) is 5.91 Å². The molecule has 1 aromatic rings. The van der Waals surface area contributed by atoms with E-state index >= 15 is 0 Å². The molecule has 2 fully saturated rings. The summed E-state index contributed by atoms with van der Waals surface area (Å²) in [5.41, 5.74) is 0.354. The van der Waals surface area contributed by atoms with Gasteiger partial charge in [0.1, 0.15) is 5.54 Å². The maximum absolute atomic E-state index is 12.2. The van der Waals surface area contributed by atoms with Crippen LogP contribution in [0.1, 0.15) is 54.4 Å². The number of carbonyl (C=O) groups excluding carboxylic acids is 3. The van der Waals surface area contributed by atoms with E-state index < -0.39 is 24.0 Å². The van der Waals surface area contributed by atoms with E-state index in [4.69, 9.17) is 4.74 Å². The predicted octanol–water partition coefficient (Wildman–Crippen LogP) is 1.92. The van der Waals surface area contributed by atoms with Crippen LogP contribution in [0.2, 0.25) is 0 Å². The van der Waals surface area contributed by atoms with Gasteiger partial charge < -0.3 is 15.0 Å². The van der Waals surface area contributed by atoms with Gasteiger partial charge in [0, 0.05) is 19.5 Å². The Balaban J connectivity index is 1.53. The van der Waals surface area contributed by atoms with Crippen molar-refractivity contribution in [3.63, 3.8) is 0 Å². The number of likely N-dealkylation sites (tertiary alicyclic amines) is 1. The van der Waals surface area contributed by atoms with Gasteiger partial charge in [0.05, 0.1) is 11.6 Å². The molecule has 0 unspecified atom stereocenters. The Kier molecular flexibility index (Phi) is 5.75. The number of benzene rings is 1. The first-order valence-electron chi connectivity index (χ1n) is 9.27. The van der Waals surface area contributed by atoms with E-state index in [1.807, 2.05) is 6.07 Å². The Morgan fingerprint density at radius 1 is 1.26 bits per heavy atom. The van der Waals surface area contributed by atoms with Gasteiger partial charge in [-0.1, -0.05) is 12.1 Å². The average Bonchev–Trinajstić information content (AvgIpc) is 3.30.